The van der Waals surface area contributed by atoms with Gasteiger partial charge in [0.15, 0.2) is 6.29 Å². The van der Waals surface area contributed by atoms with Crippen LogP contribution >= 0.6 is 0 Å². The lowest BCUT2D eigenvalue weighted by Gasteiger charge is -1.99. The van der Waals surface area contributed by atoms with Gasteiger partial charge in [0.05, 0.1) is 0 Å². The summed E-state index contributed by atoms with van der Waals surface area (Å²) in [6.07, 6.45) is 0.826. The molecule has 7 heavy (non-hydrogen) atoms. The first-order valence-electron chi connectivity index (χ1n) is 1.88. The Morgan fingerprint density at radius 3 is 1.71 bits per heavy atom. The quantitative estimate of drug-likeness (QED) is 0.401. The molecule has 0 atom stereocenters. The zero-order chi connectivity index (χ0) is 5.21. The molecule has 0 aromatic heterocycles. The Labute approximate surface area is 53.8 Å². The average Bonchev–Trinajstić information content (AvgIpc) is 1.35. The normalized spacial score (nSPS) is 9.57. The molecule has 0 spiro atoms. The zero-order valence-corrected chi connectivity index (χ0v) is 6.16. The Morgan fingerprint density at radius 1 is 1.57 bits per heavy atom. The minimum absolute atomic E-state index is 0. The monoisotopic (exact) mass is 167 g/mol. The van der Waals surface area contributed by atoms with E-state index in [0.29, 0.717) is 0 Å². The molecule has 0 aliphatic heterocycles. The Morgan fingerprint density at radius 2 is 1.71 bits per heavy atom. The second kappa shape index (κ2) is 3.16. The van der Waals surface area contributed by atoms with Crippen LogP contribution < -0.4 is 22.7 Å². The molecule has 0 amide bonds. The summed E-state index contributed by atoms with van der Waals surface area (Å²) < 4.78 is 0. The molecule has 0 radical (unpaired) electrons. The molecule has 0 aliphatic carbocycles. The number of hydrogen-bond donors (Lipinski definition) is 1. The van der Waals surface area contributed by atoms with Gasteiger partial charge in [0.1, 0.15) is 5.54 Å². The predicted molar refractivity (Wildman–Crippen MR) is 23.0 cm³/mol. The SMILES string of the molecule is CC(C)([NH3+])C=O.[Br-]. The molecule has 3 heteroatoms. The van der Waals surface area contributed by atoms with E-state index >= 15 is 0 Å². The Bertz CT molecular complexity index is 57.2. The van der Waals surface area contributed by atoms with E-state index in [0.717, 1.165) is 6.29 Å². The maximum Gasteiger partial charge on any atom is 0.179 e. The number of quaternary nitrogens is 1. The van der Waals surface area contributed by atoms with Crippen LogP contribution in [0.3, 0.4) is 0 Å². The molecule has 0 aromatic carbocycles. The molecule has 44 valence electrons. The van der Waals surface area contributed by atoms with Gasteiger partial charge in [-0.1, -0.05) is 0 Å². The molecule has 0 bridgehead atoms. The van der Waals surface area contributed by atoms with Crippen LogP contribution in [0.2, 0.25) is 0 Å². The molecule has 0 aliphatic rings. The van der Waals surface area contributed by atoms with Crippen molar-refractivity contribution in [2.24, 2.45) is 0 Å². The molecular formula is C4H10BrNO. The first kappa shape index (κ1) is 10.2. The number of halogens is 1. The first-order chi connectivity index (χ1) is 2.56. The van der Waals surface area contributed by atoms with Gasteiger partial charge in [-0.15, -0.1) is 0 Å². The maximum absolute atomic E-state index is 9.76. The zero-order valence-electron chi connectivity index (χ0n) is 4.57. The molecule has 0 aromatic rings. The topological polar surface area (TPSA) is 44.7 Å². The van der Waals surface area contributed by atoms with Crippen LogP contribution in [0.1, 0.15) is 13.8 Å². The van der Waals surface area contributed by atoms with Crippen LogP contribution in [0.25, 0.3) is 0 Å². The molecule has 0 rings (SSSR count). The van der Waals surface area contributed by atoms with Gasteiger partial charge in [0.25, 0.3) is 0 Å². The van der Waals surface area contributed by atoms with Crippen molar-refractivity contribution in [3.63, 3.8) is 0 Å². The fraction of sp³-hybridized carbons (Fsp3) is 0.750. The summed E-state index contributed by atoms with van der Waals surface area (Å²) in [7, 11) is 0. The van der Waals surface area contributed by atoms with E-state index in [1.165, 1.54) is 0 Å². The summed E-state index contributed by atoms with van der Waals surface area (Å²) in [6.45, 7) is 3.53. The first-order valence-corrected chi connectivity index (χ1v) is 1.88. The maximum atomic E-state index is 9.76. The third kappa shape index (κ3) is 10.7. The molecule has 3 N–H and O–H groups in total. The lowest BCUT2D eigenvalue weighted by Crippen LogP contribution is -3.00. The standard InChI is InChI=1S/C4H9NO.BrH/c1-4(2,5)3-6;/h3H,5H2,1-2H3;1H. The van der Waals surface area contributed by atoms with Crippen molar-refractivity contribution in [1.29, 1.82) is 0 Å². The van der Waals surface area contributed by atoms with Crippen molar-refractivity contribution in [1.82, 2.24) is 0 Å². The highest BCUT2D eigenvalue weighted by Gasteiger charge is 2.10. The number of hydrogen-bond acceptors (Lipinski definition) is 1. The highest BCUT2D eigenvalue weighted by Crippen LogP contribution is 1.81. The second-order valence-corrected chi connectivity index (χ2v) is 2.11. The summed E-state index contributed by atoms with van der Waals surface area (Å²) in [5, 5.41) is 0. The van der Waals surface area contributed by atoms with Crippen LogP contribution in [0.15, 0.2) is 0 Å². The third-order valence-electron chi connectivity index (χ3n) is 0.319. The molecule has 0 saturated heterocycles. The number of carbonyl (C=O) groups is 1. The smallest absolute Gasteiger partial charge is 0.179 e. The minimum atomic E-state index is -0.389. The van der Waals surface area contributed by atoms with E-state index in [4.69, 9.17) is 0 Å². The summed E-state index contributed by atoms with van der Waals surface area (Å²) in [6, 6.07) is 0. The van der Waals surface area contributed by atoms with E-state index < -0.39 is 0 Å². The molecule has 0 heterocycles. The van der Waals surface area contributed by atoms with Crippen molar-refractivity contribution in [3.05, 3.63) is 0 Å². The van der Waals surface area contributed by atoms with Crippen LogP contribution in [-0.4, -0.2) is 11.8 Å². The van der Waals surface area contributed by atoms with Gasteiger partial charge in [-0.05, 0) is 13.8 Å². The van der Waals surface area contributed by atoms with Gasteiger partial charge in [-0.2, -0.15) is 0 Å². The highest BCUT2D eigenvalue weighted by atomic mass is 79.9. The molecule has 0 unspecified atom stereocenters. The van der Waals surface area contributed by atoms with Crippen LogP contribution in [-0.2, 0) is 4.79 Å². The van der Waals surface area contributed by atoms with E-state index in [1.54, 1.807) is 13.8 Å². The lowest BCUT2D eigenvalue weighted by molar-refractivity contribution is -0.442. The molecule has 2 nitrogen and oxygen atoms in total. The number of rotatable bonds is 1. The van der Waals surface area contributed by atoms with Gasteiger partial charge in [-0.3, -0.25) is 4.79 Å². The molecular weight excluding hydrogens is 158 g/mol. The fourth-order valence-electron chi connectivity index (χ4n) is 0. The lowest BCUT2D eigenvalue weighted by atomic mass is 10.1. The van der Waals surface area contributed by atoms with Crippen LogP contribution in [0.4, 0.5) is 0 Å². The fourth-order valence-corrected chi connectivity index (χ4v) is 0. The van der Waals surface area contributed by atoms with Crippen LogP contribution in [0.5, 0.6) is 0 Å². The number of aldehydes is 1. The van der Waals surface area contributed by atoms with E-state index in [2.05, 4.69) is 5.73 Å². The van der Waals surface area contributed by atoms with Crippen molar-refractivity contribution in [2.45, 2.75) is 19.4 Å². The van der Waals surface area contributed by atoms with Gasteiger partial charge in [0, 0.05) is 0 Å². The minimum Gasteiger partial charge on any atom is -1.00 e. The summed E-state index contributed by atoms with van der Waals surface area (Å²) in [5.74, 6) is 0. The van der Waals surface area contributed by atoms with E-state index in [9.17, 15) is 4.79 Å². The molecule has 0 saturated carbocycles. The second-order valence-electron chi connectivity index (χ2n) is 2.11. The van der Waals surface area contributed by atoms with Gasteiger partial charge >= 0.3 is 0 Å². The Hall–Kier alpha value is 0.110. The predicted octanol–water partition coefficient (Wildman–Crippen LogP) is -3.79. The van der Waals surface area contributed by atoms with Gasteiger partial charge in [-0.25, -0.2) is 0 Å². The average molecular weight is 168 g/mol. The van der Waals surface area contributed by atoms with Crippen molar-refractivity contribution >= 4 is 6.29 Å². The third-order valence-corrected chi connectivity index (χ3v) is 0.319. The highest BCUT2D eigenvalue weighted by molar-refractivity contribution is 5.59. The van der Waals surface area contributed by atoms with E-state index in [-0.39, 0.29) is 22.5 Å². The largest absolute Gasteiger partial charge is 1.00 e. The summed E-state index contributed by atoms with van der Waals surface area (Å²) in [4.78, 5) is 9.76. The van der Waals surface area contributed by atoms with Gasteiger partial charge < -0.3 is 22.7 Å². The van der Waals surface area contributed by atoms with Crippen LogP contribution in [0, 0.1) is 0 Å². The van der Waals surface area contributed by atoms with Crippen molar-refractivity contribution in [2.75, 3.05) is 0 Å². The Balaban J connectivity index is 0. The number of carbonyl (C=O) groups excluding carboxylic acids is 1. The van der Waals surface area contributed by atoms with E-state index in [1.807, 2.05) is 0 Å². The summed E-state index contributed by atoms with van der Waals surface area (Å²) >= 11 is 0. The van der Waals surface area contributed by atoms with Gasteiger partial charge in [0.2, 0.25) is 0 Å². The molecule has 0 fully saturated rings. The Kier molecular flexibility index (Phi) is 4.58. The summed E-state index contributed by atoms with van der Waals surface area (Å²) in [5.41, 5.74) is 3.13. The van der Waals surface area contributed by atoms with Crippen molar-refractivity contribution in [3.8, 4) is 0 Å². The van der Waals surface area contributed by atoms with Crippen molar-refractivity contribution < 1.29 is 27.5 Å².